The first-order chi connectivity index (χ1) is 7.56. The number of hydrogen-bond acceptors (Lipinski definition) is 2. The maximum absolute atomic E-state index is 12.0. The monoisotopic (exact) mass is 360 g/mol. The van der Waals surface area contributed by atoms with Crippen molar-refractivity contribution < 1.29 is 18.3 Å². The molecule has 0 aliphatic carbocycles. The van der Waals surface area contributed by atoms with Crippen LogP contribution in [-0.4, -0.2) is 18.3 Å². The normalized spacial score (nSPS) is 10.6. The molecule has 1 aromatic rings. The largest absolute Gasteiger partial charge is 0.434 e. The molecular weight excluding hydrogens is 352 g/mol. The molecule has 1 rings (SSSR count). The van der Waals surface area contributed by atoms with E-state index in [1.54, 1.807) is 28.7 Å². The van der Waals surface area contributed by atoms with E-state index in [-0.39, 0.29) is 23.8 Å². The molecule has 6 heteroatoms. The second-order valence-electron chi connectivity index (χ2n) is 2.86. The minimum atomic E-state index is -2.90. The van der Waals surface area contributed by atoms with E-state index in [9.17, 15) is 13.6 Å². The molecule has 0 aromatic heterocycles. The molecule has 88 valence electrons. The smallest absolute Gasteiger partial charge is 0.387 e. The summed E-state index contributed by atoms with van der Waals surface area (Å²) in [6, 6.07) is 4.46. The molecule has 0 N–H and O–H groups in total. The molecule has 0 atom stereocenters. The standard InChI is InChI=1S/C10H8ClF2IO2/c11-5-4-7(15)6-2-1-3-8(9(6)14)16-10(12)13/h1-3,10H,4-5H2. The second kappa shape index (κ2) is 6.34. The Balaban J connectivity index is 2.99. The molecule has 0 fully saturated rings. The lowest BCUT2D eigenvalue weighted by molar-refractivity contribution is -0.0504. The molecule has 0 amide bonds. The van der Waals surface area contributed by atoms with Gasteiger partial charge in [-0.3, -0.25) is 4.79 Å². The summed E-state index contributed by atoms with van der Waals surface area (Å²) >= 11 is 7.26. The Morgan fingerprint density at radius 3 is 2.75 bits per heavy atom. The van der Waals surface area contributed by atoms with Gasteiger partial charge in [-0.05, 0) is 28.7 Å². The Labute approximate surface area is 110 Å². The number of carbonyl (C=O) groups excluding carboxylic acids is 1. The summed E-state index contributed by atoms with van der Waals surface area (Å²) in [5.41, 5.74) is 0.361. The first-order valence-corrected chi connectivity index (χ1v) is 6.00. The van der Waals surface area contributed by atoms with Gasteiger partial charge in [0.25, 0.3) is 0 Å². The second-order valence-corrected chi connectivity index (χ2v) is 4.32. The Morgan fingerprint density at radius 2 is 2.19 bits per heavy atom. The average molecular weight is 361 g/mol. The van der Waals surface area contributed by atoms with Crippen molar-refractivity contribution in [3.05, 3.63) is 27.3 Å². The van der Waals surface area contributed by atoms with Crippen LogP contribution in [0.15, 0.2) is 18.2 Å². The molecule has 0 saturated carbocycles. The van der Waals surface area contributed by atoms with Gasteiger partial charge in [0.05, 0.1) is 3.57 Å². The summed E-state index contributed by atoms with van der Waals surface area (Å²) < 4.78 is 28.8. The molecule has 0 aliphatic rings. The minimum absolute atomic E-state index is 0.0102. The van der Waals surface area contributed by atoms with Crippen LogP contribution in [0.1, 0.15) is 16.8 Å². The van der Waals surface area contributed by atoms with Gasteiger partial charge in [-0.1, -0.05) is 12.1 Å². The topological polar surface area (TPSA) is 26.3 Å². The summed E-state index contributed by atoms with van der Waals surface area (Å²) in [6.45, 7) is -2.90. The number of hydrogen-bond donors (Lipinski definition) is 0. The van der Waals surface area contributed by atoms with Gasteiger partial charge in [0.2, 0.25) is 0 Å². The van der Waals surface area contributed by atoms with Crippen LogP contribution in [0.4, 0.5) is 8.78 Å². The van der Waals surface area contributed by atoms with Crippen LogP contribution in [0.5, 0.6) is 5.75 Å². The van der Waals surface area contributed by atoms with Crippen LogP contribution < -0.4 is 4.74 Å². The van der Waals surface area contributed by atoms with E-state index in [4.69, 9.17) is 11.6 Å². The van der Waals surface area contributed by atoms with E-state index in [0.29, 0.717) is 9.13 Å². The van der Waals surface area contributed by atoms with Crippen LogP contribution in [0.2, 0.25) is 0 Å². The molecule has 1 aromatic carbocycles. The Morgan fingerprint density at radius 1 is 1.50 bits per heavy atom. The summed E-state index contributed by atoms with van der Waals surface area (Å²) in [5, 5.41) is 0. The molecule has 0 saturated heterocycles. The lowest BCUT2D eigenvalue weighted by Gasteiger charge is -2.09. The number of alkyl halides is 3. The molecule has 0 bridgehead atoms. The van der Waals surface area contributed by atoms with Gasteiger partial charge in [-0.25, -0.2) is 0 Å². The highest BCUT2D eigenvalue weighted by Gasteiger charge is 2.15. The van der Waals surface area contributed by atoms with Crippen molar-refractivity contribution >= 4 is 40.0 Å². The van der Waals surface area contributed by atoms with E-state index in [2.05, 4.69) is 4.74 Å². The number of rotatable bonds is 5. The van der Waals surface area contributed by atoms with Crippen molar-refractivity contribution in [2.24, 2.45) is 0 Å². The fourth-order valence-corrected chi connectivity index (χ4v) is 2.09. The maximum Gasteiger partial charge on any atom is 0.387 e. The fourth-order valence-electron chi connectivity index (χ4n) is 1.13. The van der Waals surface area contributed by atoms with Crippen LogP contribution in [0, 0.1) is 3.57 Å². The predicted molar refractivity (Wildman–Crippen MR) is 65.5 cm³/mol. The highest BCUT2D eigenvalue weighted by molar-refractivity contribution is 14.1. The third-order valence-electron chi connectivity index (χ3n) is 1.80. The van der Waals surface area contributed by atoms with Gasteiger partial charge in [0, 0.05) is 17.9 Å². The average Bonchev–Trinajstić information content (AvgIpc) is 2.21. The van der Waals surface area contributed by atoms with Gasteiger partial charge < -0.3 is 4.74 Å². The van der Waals surface area contributed by atoms with Crippen LogP contribution >= 0.6 is 34.2 Å². The van der Waals surface area contributed by atoms with Gasteiger partial charge in [-0.15, -0.1) is 11.6 Å². The van der Waals surface area contributed by atoms with Gasteiger partial charge in [0.15, 0.2) is 5.78 Å². The lowest BCUT2D eigenvalue weighted by Crippen LogP contribution is -2.07. The van der Waals surface area contributed by atoms with E-state index in [0.717, 1.165) is 0 Å². The number of ketones is 1. The molecule has 0 unspecified atom stereocenters. The summed E-state index contributed by atoms with van der Waals surface area (Å²) in [6.07, 6.45) is 0.176. The highest BCUT2D eigenvalue weighted by atomic mass is 127. The van der Waals surface area contributed by atoms with Crippen LogP contribution in [-0.2, 0) is 0 Å². The lowest BCUT2D eigenvalue weighted by atomic mass is 10.1. The molecule has 2 nitrogen and oxygen atoms in total. The van der Waals surface area contributed by atoms with E-state index < -0.39 is 6.61 Å². The number of carbonyl (C=O) groups is 1. The first kappa shape index (κ1) is 13.6. The molecule has 0 heterocycles. The quantitative estimate of drug-likeness (QED) is 0.455. The molecule has 0 spiro atoms. The van der Waals surface area contributed by atoms with E-state index in [1.165, 1.54) is 12.1 Å². The van der Waals surface area contributed by atoms with Crippen molar-refractivity contribution in [1.82, 2.24) is 0 Å². The van der Waals surface area contributed by atoms with Crippen molar-refractivity contribution in [3.8, 4) is 5.75 Å². The number of Topliss-reactive ketones (excluding diaryl/α,β-unsaturated/α-hetero) is 1. The predicted octanol–water partition coefficient (Wildman–Crippen LogP) is 3.70. The van der Waals surface area contributed by atoms with E-state index in [1.807, 2.05) is 0 Å². The fraction of sp³-hybridized carbons (Fsp3) is 0.300. The zero-order chi connectivity index (χ0) is 12.1. The van der Waals surface area contributed by atoms with Crippen molar-refractivity contribution in [3.63, 3.8) is 0 Å². The van der Waals surface area contributed by atoms with Crippen LogP contribution in [0.3, 0.4) is 0 Å². The van der Waals surface area contributed by atoms with Crippen molar-refractivity contribution in [1.29, 1.82) is 0 Å². The van der Waals surface area contributed by atoms with Crippen molar-refractivity contribution in [2.45, 2.75) is 13.0 Å². The Hall–Kier alpha value is -0.430. The van der Waals surface area contributed by atoms with Gasteiger partial charge in [-0.2, -0.15) is 8.78 Å². The maximum atomic E-state index is 12.0. The number of halogens is 4. The first-order valence-electron chi connectivity index (χ1n) is 4.38. The summed E-state index contributed by atoms with van der Waals surface area (Å²) in [7, 11) is 0. The van der Waals surface area contributed by atoms with E-state index >= 15 is 0 Å². The zero-order valence-corrected chi connectivity index (χ0v) is 11.0. The third-order valence-corrected chi connectivity index (χ3v) is 3.10. The van der Waals surface area contributed by atoms with Gasteiger partial charge >= 0.3 is 6.61 Å². The van der Waals surface area contributed by atoms with Crippen molar-refractivity contribution in [2.75, 3.05) is 5.88 Å². The molecule has 0 radical (unpaired) electrons. The minimum Gasteiger partial charge on any atom is -0.434 e. The zero-order valence-electron chi connectivity index (χ0n) is 8.05. The summed E-state index contributed by atoms with van der Waals surface area (Å²) in [4.78, 5) is 11.6. The molecule has 0 aliphatic heterocycles. The highest BCUT2D eigenvalue weighted by Crippen LogP contribution is 2.26. The Bertz CT molecular complexity index is 385. The molecular formula is C10H8ClF2IO2. The molecule has 16 heavy (non-hydrogen) atoms. The number of ether oxygens (including phenoxy) is 1. The summed E-state index contributed by atoms with van der Waals surface area (Å²) in [5.74, 6) is 0.0321. The Kier molecular flexibility index (Phi) is 5.40. The van der Waals surface area contributed by atoms with Gasteiger partial charge in [0.1, 0.15) is 5.75 Å². The third kappa shape index (κ3) is 3.55. The SMILES string of the molecule is O=C(CCCl)c1cccc(OC(F)F)c1I. The van der Waals surface area contributed by atoms with Crippen LogP contribution in [0.25, 0.3) is 0 Å². The number of benzene rings is 1.